The minimum atomic E-state index is 0.712. The van der Waals surface area contributed by atoms with Crippen LogP contribution in [0.5, 0.6) is 5.75 Å². The van der Waals surface area contributed by atoms with Gasteiger partial charge in [-0.25, -0.2) is 0 Å². The summed E-state index contributed by atoms with van der Waals surface area (Å²) in [5.74, 6) is 0.911. The van der Waals surface area contributed by atoms with Crippen LogP contribution in [-0.2, 0) is 4.74 Å². The number of fused-ring (bicyclic) bond motifs is 1. The van der Waals surface area contributed by atoms with Gasteiger partial charge in [0.25, 0.3) is 0 Å². The molecule has 2 aromatic carbocycles. The first kappa shape index (κ1) is 15.3. The van der Waals surface area contributed by atoms with Crippen molar-refractivity contribution in [2.45, 2.75) is 6.42 Å². The molecular formula is C16H21BrNO2+. The highest BCUT2D eigenvalue weighted by atomic mass is 79.9. The van der Waals surface area contributed by atoms with E-state index < -0.39 is 0 Å². The van der Waals surface area contributed by atoms with Crippen LogP contribution in [-0.4, -0.2) is 33.4 Å². The zero-order valence-corrected chi connectivity index (χ0v) is 13.4. The van der Waals surface area contributed by atoms with E-state index in [0.29, 0.717) is 6.61 Å². The van der Waals surface area contributed by atoms with Crippen molar-refractivity contribution < 1.29 is 14.8 Å². The lowest BCUT2D eigenvalue weighted by Gasteiger charge is -2.10. The highest BCUT2D eigenvalue weighted by Gasteiger charge is 2.05. The Morgan fingerprint density at radius 3 is 2.75 bits per heavy atom. The second kappa shape index (κ2) is 8.25. The maximum absolute atomic E-state index is 5.84. The number of ether oxygens (including phenoxy) is 2. The molecule has 0 amide bonds. The van der Waals surface area contributed by atoms with E-state index in [1.807, 2.05) is 18.2 Å². The van der Waals surface area contributed by atoms with Crippen LogP contribution in [0.25, 0.3) is 10.8 Å². The molecule has 4 heteroatoms. The SMILES string of the molecule is COCCC[NH2+]CCOc1ccc2ccccc2c1Br. The van der Waals surface area contributed by atoms with E-state index >= 15 is 0 Å². The van der Waals surface area contributed by atoms with Crippen molar-refractivity contribution in [1.82, 2.24) is 0 Å². The summed E-state index contributed by atoms with van der Waals surface area (Å²) in [5, 5.41) is 4.67. The van der Waals surface area contributed by atoms with Gasteiger partial charge >= 0.3 is 0 Å². The molecule has 0 fully saturated rings. The highest BCUT2D eigenvalue weighted by molar-refractivity contribution is 9.10. The van der Waals surface area contributed by atoms with Crippen molar-refractivity contribution in [3.8, 4) is 5.75 Å². The van der Waals surface area contributed by atoms with E-state index in [0.717, 1.165) is 36.3 Å². The summed E-state index contributed by atoms with van der Waals surface area (Å²) >= 11 is 3.63. The number of methoxy groups -OCH3 is 1. The topological polar surface area (TPSA) is 35.1 Å². The van der Waals surface area contributed by atoms with Gasteiger partial charge in [0.2, 0.25) is 0 Å². The minimum Gasteiger partial charge on any atom is -0.487 e. The molecule has 2 N–H and O–H groups in total. The van der Waals surface area contributed by atoms with E-state index in [1.54, 1.807) is 7.11 Å². The van der Waals surface area contributed by atoms with Gasteiger partial charge in [0, 0.05) is 13.5 Å². The molecule has 3 nitrogen and oxygen atoms in total. The van der Waals surface area contributed by atoms with Crippen LogP contribution in [0.4, 0.5) is 0 Å². The molecule has 0 heterocycles. The zero-order chi connectivity index (χ0) is 14.2. The van der Waals surface area contributed by atoms with Crippen LogP contribution in [0, 0.1) is 0 Å². The Bertz CT molecular complexity index is 545. The normalized spacial score (nSPS) is 10.9. The Balaban J connectivity index is 1.83. The van der Waals surface area contributed by atoms with Gasteiger partial charge in [-0.2, -0.15) is 0 Å². The second-order valence-corrected chi connectivity index (χ2v) is 5.45. The van der Waals surface area contributed by atoms with E-state index in [1.165, 1.54) is 10.8 Å². The number of rotatable bonds is 8. The Morgan fingerprint density at radius 1 is 1.05 bits per heavy atom. The molecule has 0 aliphatic rings. The minimum absolute atomic E-state index is 0.712. The number of nitrogens with two attached hydrogens (primary N) is 1. The average Bonchev–Trinajstić information content (AvgIpc) is 2.49. The molecule has 2 rings (SSSR count). The van der Waals surface area contributed by atoms with Gasteiger partial charge in [0.05, 0.1) is 17.6 Å². The van der Waals surface area contributed by atoms with Crippen LogP contribution in [0.2, 0.25) is 0 Å². The first-order chi connectivity index (χ1) is 9.83. The summed E-state index contributed by atoms with van der Waals surface area (Å²) in [6.45, 7) is 3.58. The number of hydrogen-bond donors (Lipinski definition) is 1. The van der Waals surface area contributed by atoms with E-state index in [-0.39, 0.29) is 0 Å². The zero-order valence-electron chi connectivity index (χ0n) is 11.8. The van der Waals surface area contributed by atoms with Crippen LogP contribution < -0.4 is 10.1 Å². The molecular weight excluding hydrogens is 318 g/mol. The lowest BCUT2D eigenvalue weighted by molar-refractivity contribution is -0.655. The van der Waals surface area contributed by atoms with Gasteiger partial charge in [0.1, 0.15) is 18.9 Å². The Labute approximate surface area is 128 Å². The standard InChI is InChI=1S/C16H20BrNO2/c1-19-11-4-9-18-10-12-20-15-8-7-13-5-2-3-6-14(13)16(15)17/h2-3,5-8,18H,4,9-12H2,1H3/p+1. The highest BCUT2D eigenvalue weighted by Crippen LogP contribution is 2.32. The summed E-state index contributed by atoms with van der Waals surface area (Å²) in [5.41, 5.74) is 0. The molecule has 0 radical (unpaired) electrons. The molecule has 2 aromatic rings. The fourth-order valence-corrected chi connectivity index (χ4v) is 2.70. The van der Waals surface area contributed by atoms with Gasteiger partial charge in [0.15, 0.2) is 0 Å². The Hall–Kier alpha value is -1.10. The van der Waals surface area contributed by atoms with Crippen LogP contribution >= 0.6 is 15.9 Å². The van der Waals surface area contributed by atoms with Crippen molar-refractivity contribution >= 4 is 26.7 Å². The van der Waals surface area contributed by atoms with Crippen molar-refractivity contribution in [2.24, 2.45) is 0 Å². The predicted molar refractivity (Wildman–Crippen MR) is 85.3 cm³/mol. The fraction of sp³-hybridized carbons (Fsp3) is 0.375. The summed E-state index contributed by atoms with van der Waals surface area (Å²) < 4.78 is 11.9. The summed E-state index contributed by atoms with van der Waals surface area (Å²) in [4.78, 5) is 0. The van der Waals surface area contributed by atoms with Gasteiger partial charge < -0.3 is 14.8 Å². The lowest BCUT2D eigenvalue weighted by atomic mass is 10.1. The molecule has 108 valence electrons. The number of quaternary nitrogens is 1. The second-order valence-electron chi connectivity index (χ2n) is 4.66. The van der Waals surface area contributed by atoms with Crippen LogP contribution in [0.15, 0.2) is 40.9 Å². The molecule has 0 saturated heterocycles. The molecule has 0 unspecified atom stereocenters. The van der Waals surface area contributed by atoms with Crippen molar-refractivity contribution in [2.75, 3.05) is 33.4 Å². The van der Waals surface area contributed by atoms with Crippen molar-refractivity contribution in [1.29, 1.82) is 0 Å². The molecule has 0 aliphatic carbocycles. The van der Waals surface area contributed by atoms with E-state index in [9.17, 15) is 0 Å². The first-order valence-electron chi connectivity index (χ1n) is 6.93. The summed E-state index contributed by atoms with van der Waals surface area (Å²) in [6.07, 6.45) is 1.08. The van der Waals surface area contributed by atoms with E-state index in [2.05, 4.69) is 39.4 Å². The number of hydrogen-bond acceptors (Lipinski definition) is 2. The van der Waals surface area contributed by atoms with Gasteiger partial charge in [-0.1, -0.05) is 30.3 Å². The van der Waals surface area contributed by atoms with Gasteiger partial charge in [-0.05, 0) is 32.8 Å². The molecule has 0 aromatic heterocycles. The largest absolute Gasteiger partial charge is 0.487 e. The van der Waals surface area contributed by atoms with Crippen LogP contribution in [0.3, 0.4) is 0 Å². The summed E-state index contributed by atoms with van der Waals surface area (Å²) in [7, 11) is 1.74. The molecule has 0 aliphatic heterocycles. The van der Waals surface area contributed by atoms with Crippen molar-refractivity contribution in [3.63, 3.8) is 0 Å². The average molecular weight is 339 g/mol. The van der Waals surface area contributed by atoms with E-state index in [4.69, 9.17) is 9.47 Å². The maximum atomic E-state index is 5.84. The third-order valence-electron chi connectivity index (χ3n) is 3.16. The molecule has 0 atom stereocenters. The first-order valence-corrected chi connectivity index (χ1v) is 7.73. The van der Waals surface area contributed by atoms with Crippen LogP contribution in [0.1, 0.15) is 6.42 Å². The summed E-state index contributed by atoms with van der Waals surface area (Å²) in [6, 6.07) is 12.4. The third-order valence-corrected chi connectivity index (χ3v) is 3.98. The van der Waals surface area contributed by atoms with Crippen molar-refractivity contribution in [3.05, 3.63) is 40.9 Å². The molecule has 0 bridgehead atoms. The molecule has 0 spiro atoms. The van der Waals surface area contributed by atoms with Gasteiger partial charge in [-0.3, -0.25) is 0 Å². The molecule has 20 heavy (non-hydrogen) atoms. The fourth-order valence-electron chi connectivity index (χ4n) is 2.09. The quantitative estimate of drug-likeness (QED) is 0.751. The Kier molecular flexibility index (Phi) is 6.30. The monoisotopic (exact) mass is 338 g/mol. The predicted octanol–water partition coefficient (Wildman–Crippen LogP) is 2.58. The number of halogens is 1. The smallest absolute Gasteiger partial charge is 0.137 e. The Morgan fingerprint density at radius 2 is 1.90 bits per heavy atom. The number of benzene rings is 2. The molecule has 0 saturated carbocycles. The third kappa shape index (κ3) is 4.20. The maximum Gasteiger partial charge on any atom is 0.137 e. The van der Waals surface area contributed by atoms with Gasteiger partial charge in [-0.15, -0.1) is 0 Å². The lowest BCUT2D eigenvalue weighted by Crippen LogP contribution is -2.85.